The molecule has 0 saturated heterocycles. The van der Waals surface area contributed by atoms with Crippen molar-refractivity contribution >= 4 is 40.1 Å². The molecule has 2 aromatic heterocycles. The van der Waals surface area contributed by atoms with Gasteiger partial charge in [-0.3, -0.25) is 9.36 Å². The number of anilines is 1. The van der Waals surface area contributed by atoms with Crippen molar-refractivity contribution in [2.75, 3.05) is 24.3 Å². The largest absolute Gasteiger partial charge is 0.493 e. The lowest BCUT2D eigenvalue weighted by atomic mass is 10.2. The fraction of sp³-hybridized carbons (Fsp3) is 0.375. The number of aryl methyl sites for hydroxylation is 1. The van der Waals surface area contributed by atoms with Gasteiger partial charge in [0, 0.05) is 12.1 Å². The number of nitrogens with zero attached hydrogens (tertiary/aromatic N) is 4. The second kappa shape index (κ2) is 12.5. The summed E-state index contributed by atoms with van der Waals surface area (Å²) in [7, 11) is 0. The molecule has 0 aliphatic heterocycles. The number of ether oxygens (including phenoxy) is 2. The SMILES string of the molecule is C=CCn1c(SCC(=O)Nc2nc(C)c(C(=O)OCC)s2)nnc1-c1ccc(OCC(C)C)cc1. The summed E-state index contributed by atoms with van der Waals surface area (Å²) in [6.45, 7) is 12.9. The minimum Gasteiger partial charge on any atom is -0.493 e. The van der Waals surface area contributed by atoms with Crippen molar-refractivity contribution in [1.82, 2.24) is 19.7 Å². The van der Waals surface area contributed by atoms with Gasteiger partial charge >= 0.3 is 5.97 Å². The molecule has 2 heterocycles. The molecule has 0 spiro atoms. The van der Waals surface area contributed by atoms with E-state index in [9.17, 15) is 9.59 Å². The van der Waals surface area contributed by atoms with E-state index in [-0.39, 0.29) is 18.3 Å². The third-order valence-corrected chi connectivity index (χ3v) is 6.58. The zero-order valence-electron chi connectivity index (χ0n) is 20.2. The Morgan fingerprint density at radius 3 is 2.66 bits per heavy atom. The molecule has 0 aliphatic carbocycles. The van der Waals surface area contributed by atoms with E-state index in [2.05, 4.69) is 40.9 Å². The van der Waals surface area contributed by atoms with Gasteiger partial charge in [-0.15, -0.1) is 16.8 Å². The summed E-state index contributed by atoms with van der Waals surface area (Å²) in [5.74, 6) is 1.32. The molecule has 0 saturated carbocycles. The summed E-state index contributed by atoms with van der Waals surface area (Å²) in [6.07, 6.45) is 1.76. The Balaban J connectivity index is 1.66. The van der Waals surface area contributed by atoms with Gasteiger partial charge in [-0.05, 0) is 44.0 Å². The van der Waals surface area contributed by atoms with Gasteiger partial charge in [-0.2, -0.15) is 0 Å². The predicted molar refractivity (Wildman–Crippen MR) is 138 cm³/mol. The summed E-state index contributed by atoms with van der Waals surface area (Å²) >= 11 is 2.35. The van der Waals surface area contributed by atoms with E-state index in [0.717, 1.165) is 22.6 Å². The molecule has 1 aromatic carbocycles. The summed E-state index contributed by atoms with van der Waals surface area (Å²) in [5.41, 5.74) is 1.41. The Bertz CT molecular complexity index is 1170. The number of thioether (sulfide) groups is 1. The second-order valence-electron chi connectivity index (χ2n) is 7.93. The van der Waals surface area contributed by atoms with E-state index in [1.165, 1.54) is 11.8 Å². The maximum absolute atomic E-state index is 12.5. The minimum absolute atomic E-state index is 0.102. The van der Waals surface area contributed by atoms with Crippen LogP contribution in [0.2, 0.25) is 0 Å². The predicted octanol–water partition coefficient (Wildman–Crippen LogP) is 4.84. The number of allylic oxidation sites excluding steroid dienone is 1. The quantitative estimate of drug-likeness (QED) is 0.207. The lowest BCUT2D eigenvalue weighted by Crippen LogP contribution is -2.14. The van der Waals surface area contributed by atoms with Crippen LogP contribution in [0.1, 0.15) is 36.1 Å². The lowest BCUT2D eigenvalue weighted by molar-refractivity contribution is -0.113. The van der Waals surface area contributed by atoms with Crippen molar-refractivity contribution in [3.05, 3.63) is 47.5 Å². The first kappa shape index (κ1) is 26.4. The monoisotopic (exact) mass is 515 g/mol. The van der Waals surface area contributed by atoms with Crippen LogP contribution in [-0.4, -0.2) is 50.6 Å². The van der Waals surface area contributed by atoms with Gasteiger partial charge in [0.15, 0.2) is 16.1 Å². The third kappa shape index (κ3) is 7.15. The van der Waals surface area contributed by atoms with Gasteiger partial charge in [0.25, 0.3) is 0 Å². The molecule has 9 nitrogen and oxygen atoms in total. The van der Waals surface area contributed by atoms with Crippen LogP contribution in [0.25, 0.3) is 11.4 Å². The molecule has 0 unspecified atom stereocenters. The average Bonchev–Trinajstić information content (AvgIpc) is 3.40. The Hall–Kier alpha value is -3.18. The molecule has 0 aliphatic rings. The first-order valence-corrected chi connectivity index (χ1v) is 13.0. The Labute approximate surface area is 213 Å². The van der Waals surface area contributed by atoms with Crippen molar-refractivity contribution in [3.63, 3.8) is 0 Å². The van der Waals surface area contributed by atoms with Gasteiger partial charge < -0.3 is 14.8 Å². The molecule has 3 aromatic rings. The number of aromatic nitrogens is 4. The lowest BCUT2D eigenvalue weighted by Gasteiger charge is -2.10. The number of carbonyl (C=O) groups excluding carboxylic acids is 2. The number of thiazole rings is 1. The number of benzene rings is 1. The van der Waals surface area contributed by atoms with E-state index >= 15 is 0 Å². The first-order chi connectivity index (χ1) is 16.8. The topological polar surface area (TPSA) is 108 Å². The molecule has 0 atom stereocenters. The Morgan fingerprint density at radius 1 is 1.26 bits per heavy atom. The van der Waals surface area contributed by atoms with Gasteiger partial charge in [0.2, 0.25) is 5.91 Å². The normalized spacial score (nSPS) is 10.9. The average molecular weight is 516 g/mol. The second-order valence-corrected chi connectivity index (χ2v) is 9.87. The highest BCUT2D eigenvalue weighted by Crippen LogP contribution is 2.27. The van der Waals surface area contributed by atoms with Gasteiger partial charge in [0.1, 0.15) is 10.6 Å². The van der Waals surface area contributed by atoms with E-state index in [1.807, 2.05) is 28.8 Å². The highest BCUT2D eigenvalue weighted by molar-refractivity contribution is 7.99. The van der Waals surface area contributed by atoms with Crippen LogP contribution >= 0.6 is 23.1 Å². The molecule has 1 N–H and O–H groups in total. The van der Waals surface area contributed by atoms with Crippen molar-refractivity contribution in [2.45, 2.75) is 39.4 Å². The van der Waals surface area contributed by atoms with Gasteiger partial charge in [-0.25, -0.2) is 9.78 Å². The summed E-state index contributed by atoms with van der Waals surface area (Å²) in [5, 5.41) is 12.3. The molecule has 11 heteroatoms. The van der Waals surface area contributed by atoms with Crippen LogP contribution in [0.15, 0.2) is 42.1 Å². The maximum atomic E-state index is 12.5. The number of esters is 1. The van der Waals surface area contributed by atoms with Crippen LogP contribution in [0.4, 0.5) is 5.13 Å². The van der Waals surface area contributed by atoms with Crippen LogP contribution in [0.5, 0.6) is 5.75 Å². The number of carbonyl (C=O) groups is 2. The van der Waals surface area contributed by atoms with Gasteiger partial charge in [0.05, 0.1) is 24.7 Å². The molecule has 0 fully saturated rings. The number of hydrogen-bond donors (Lipinski definition) is 1. The molecule has 1 amide bonds. The van der Waals surface area contributed by atoms with Crippen LogP contribution in [-0.2, 0) is 16.1 Å². The minimum atomic E-state index is -0.443. The van der Waals surface area contributed by atoms with Crippen LogP contribution in [0, 0.1) is 12.8 Å². The maximum Gasteiger partial charge on any atom is 0.350 e. The Morgan fingerprint density at radius 2 is 2.00 bits per heavy atom. The summed E-state index contributed by atoms with van der Waals surface area (Å²) in [6, 6.07) is 7.69. The molecule has 186 valence electrons. The Kier molecular flexibility index (Phi) is 9.44. The van der Waals surface area contributed by atoms with Crippen LogP contribution < -0.4 is 10.1 Å². The molecule has 35 heavy (non-hydrogen) atoms. The van der Waals surface area contributed by atoms with Crippen molar-refractivity contribution in [1.29, 1.82) is 0 Å². The molecule has 3 rings (SSSR count). The molecular formula is C24H29N5O4S2. The molecule has 0 bridgehead atoms. The van der Waals surface area contributed by atoms with E-state index in [4.69, 9.17) is 9.47 Å². The van der Waals surface area contributed by atoms with Gasteiger partial charge in [-0.1, -0.05) is 43.0 Å². The van der Waals surface area contributed by atoms with Crippen molar-refractivity contribution < 1.29 is 19.1 Å². The van der Waals surface area contributed by atoms with E-state index in [1.54, 1.807) is 19.9 Å². The van der Waals surface area contributed by atoms with E-state index < -0.39 is 5.97 Å². The fourth-order valence-electron chi connectivity index (χ4n) is 2.99. The van der Waals surface area contributed by atoms with Crippen LogP contribution in [0.3, 0.4) is 0 Å². The number of hydrogen-bond acceptors (Lipinski definition) is 9. The smallest absolute Gasteiger partial charge is 0.350 e. The number of rotatable bonds is 12. The highest BCUT2D eigenvalue weighted by atomic mass is 32.2. The van der Waals surface area contributed by atoms with E-state index in [0.29, 0.717) is 45.8 Å². The van der Waals surface area contributed by atoms with Crippen molar-refractivity contribution in [3.8, 4) is 17.1 Å². The summed E-state index contributed by atoms with van der Waals surface area (Å²) < 4.78 is 12.7. The third-order valence-electron chi connectivity index (χ3n) is 4.56. The fourth-order valence-corrected chi connectivity index (χ4v) is 4.61. The zero-order chi connectivity index (χ0) is 25.4. The summed E-state index contributed by atoms with van der Waals surface area (Å²) in [4.78, 5) is 29.1. The van der Waals surface area contributed by atoms with Crippen molar-refractivity contribution in [2.24, 2.45) is 5.92 Å². The standard InChI is InChI=1S/C24H29N5O4S2/c1-6-12-29-21(17-8-10-18(11-9-17)33-13-15(3)4)27-28-24(29)34-14-19(30)26-23-25-16(5)20(35-23)22(31)32-7-2/h6,8-11,15H,1,7,12-14H2,2-5H3,(H,25,26,30). The number of amides is 1. The first-order valence-electron chi connectivity index (χ1n) is 11.2. The zero-order valence-corrected chi connectivity index (χ0v) is 21.9. The molecular weight excluding hydrogens is 486 g/mol. The highest BCUT2D eigenvalue weighted by Gasteiger charge is 2.19. The number of nitrogens with one attached hydrogen (secondary N) is 1. The molecule has 0 radical (unpaired) electrons.